The van der Waals surface area contributed by atoms with E-state index in [0.717, 1.165) is 5.56 Å². The van der Waals surface area contributed by atoms with Crippen LogP contribution in [0.5, 0.6) is 0 Å². The molecule has 2 heterocycles. The highest BCUT2D eigenvalue weighted by Crippen LogP contribution is 2.32. The van der Waals surface area contributed by atoms with Crippen LogP contribution in [0.3, 0.4) is 0 Å². The molecule has 22 heavy (non-hydrogen) atoms. The van der Waals surface area contributed by atoms with E-state index in [1.165, 1.54) is 41.2 Å². The van der Waals surface area contributed by atoms with Gasteiger partial charge in [-0.15, -0.1) is 15.3 Å². The SMILES string of the molecule is CCN1C(=O)/C(=C/c2ccc(F)cc2)S/C1=N\n1cnnc1. The molecule has 2 aromatic rings. The lowest BCUT2D eigenvalue weighted by molar-refractivity contribution is -0.122. The molecule has 1 aliphatic heterocycles. The van der Waals surface area contributed by atoms with Crippen LogP contribution in [-0.2, 0) is 4.79 Å². The summed E-state index contributed by atoms with van der Waals surface area (Å²) in [6, 6.07) is 5.98. The van der Waals surface area contributed by atoms with Crippen molar-refractivity contribution in [2.45, 2.75) is 6.92 Å². The first kappa shape index (κ1) is 14.5. The molecule has 1 saturated heterocycles. The molecule has 1 aliphatic rings. The second-order valence-corrected chi connectivity index (χ2v) is 5.45. The molecule has 1 fully saturated rings. The predicted octanol–water partition coefficient (Wildman–Crippen LogP) is 2.17. The molecular formula is C14H12FN5OS. The topological polar surface area (TPSA) is 63.4 Å². The molecule has 0 atom stereocenters. The number of hydrogen-bond acceptors (Lipinski definition) is 5. The average molecular weight is 317 g/mol. The highest BCUT2D eigenvalue weighted by Gasteiger charge is 2.32. The van der Waals surface area contributed by atoms with Crippen LogP contribution in [0.2, 0.25) is 0 Å². The van der Waals surface area contributed by atoms with E-state index in [2.05, 4.69) is 15.3 Å². The monoisotopic (exact) mass is 317 g/mol. The minimum atomic E-state index is -0.308. The van der Waals surface area contributed by atoms with Crippen LogP contribution in [0.15, 0.2) is 46.9 Å². The van der Waals surface area contributed by atoms with Gasteiger partial charge in [0, 0.05) is 6.54 Å². The maximum Gasteiger partial charge on any atom is 0.266 e. The molecule has 1 aromatic carbocycles. The van der Waals surface area contributed by atoms with Gasteiger partial charge in [0.15, 0.2) is 5.17 Å². The lowest BCUT2D eigenvalue weighted by Crippen LogP contribution is -2.29. The number of thioether (sulfide) groups is 1. The summed E-state index contributed by atoms with van der Waals surface area (Å²) in [5.41, 5.74) is 0.763. The second-order valence-electron chi connectivity index (χ2n) is 4.44. The first-order valence-corrected chi connectivity index (χ1v) is 7.39. The number of nitrogens with zero attached hydrogens (tertiary/aromatic N) is 5. The van der Waals surface area contributed by atoms with E-state index in [1.807, 2.05) is 6.92 Å². The molecule has 0 spiro atoms. The average Bonchev–Trinajstić information content (AvgIpc) is 3.11. The maximum atomic E-state index is 12.9. The van der Waals surface area contributed by atoms with Gasteiger partial charge in [0.1, 0.15) is 18.5 Å². The fraction of sp³-hybridized carbons (Fsp3) is 0.143. The zero-order chi connectivity index (χ0) is 15.5. The molecule has 112 valence electrons. The van der Waals surface area contributed by atoms with Gasteiger partial charge in [0.05, 0.1) is 4.91 Å². The third-order valence-electron chi connectivity index (χ3n) is 2.98. The normalized spacial score (nSPS) is 18.6. The summed E-state index contributed by atoms with van der Waals surface area (Å²) in [6.07, 6.45) is 4.63. The Bertz CT molecular complexity index is 739. The van der Waals surface area contributed by atoms with Gasteiger partial charge in [-0.25, -0.2) is 9.07 Å². The molecule has 0 saturated carbocycles. The predicted molar refractivity (Wildman–Crippen MR) is 82.2 cm³/mol. The van der Waals surface area contributed by atoms with Crippen LogP contribution >= 0.6 is 11.8 Å². The summed E-state index contributed by atoms with van der Waals surface area (Å²) in [4.78, 5) is 14.5. The van der Waals surface area contributed by atoms with Crippen molar-refractivity contribution in [1.82, 2.24) is 19.8 Å². The third kappa shape index (κ3) is 2.91. The van der Waals surface area contributed by atoms with Crippen molar-refractivity contribution in [2.75, 3.05) is 6.54 Å². The summed E-state index contributed by atoms with van der Waals surface area (Å²) in [6.45, 7) is 2.38. The zero-order valence-corrected chi connectivity index (χ0v) is 12.5. The number of likely N-dealkylation sites (N-methyl/N-ethyl adjacent to an activating group) is 1. The first-order valence-electron chi connectivity index (χ1n) is 6.58. The minimum Gasteiger partial charge on any atom is -0.285 e. The van der Waals surface area contributed by atoms with Gasteiger partial charge in [-0.3, -0.25) is 9.69 Å². The number of carbonyl (C=O) groups is 1. The number of halogens is 1. The second kappa shape index (κ2) is 6.10. The molecule has 0 unspecified atom stereocenters. The van der Waals surface area contributed by atoms with E-state index in [-0.39, 0.29) is 11.7 Å². The van der Waals surface area contributed by atoms with Crippen molar-refractivity contribution in [3.05, 3.63) is 53.2 Å². The Morgan fingerprint density at radius 1 is 1.27 bits per heavy atom. The molecule has 0 bridgehead atoms. The number of benzene rings is 1. The van der Waals surface area contributed by atoms with Crippen LogP contribution in [0.4, 0.5) is 4.39 Å². The van der Waals surface area contributed by atoms with Crippen molar-refractivity contribution < 1.29 is 9.18 Å². The van der Waals surface area contributed by atoms with Crippen LogP contribution < -0.4 is 0 Å². The van der Waals surface area contributed by atoms with Gasteiger partial charge < -0.3 is 0 Å². The standard InChI is InChI=1S/C14H12FN5OS/c1-2-20-13(21)12(7-10-3-5-11(15)6-4-10)22-14(20)18-19-8-16-17-9-19/h3-9H,2H2,1H3/b12-7-,18-14-. The summed E-state index contributed by atoms with van der Waals surface area (Å²) in [5.74, 6) is -0.429. The van der Waals surface area contributed by atoms with E-state index in [1.54, 1.807) is 23.1 Å². The number of amides is 1. The molecule has 0 radical (unpaired) electrons. The molecule has 6 nitrogen and oxygen atoms in total. The largest absolute Gasteiger partial charge is 0.285 e. The Hall–Kier alpha value is -2.48. The van der Waals surface area contributed by atoms with Gasteiger partial charge in [-0.2, -0.15) is 0 Å². The van der Waals surface area contributed by atoms with Gasteiger partial charge >= 0.3 is 0 Å². The van der Waals surface area contributed by atoms with Crippen LogP contribution in [0, 0.1) is 5.82 Å². The fourth-order valence-corrected chi connectivity index (χ4v) is 2.96. The number of rotatable bonds is 3. The Morgan fingerprint density at radius 3 is 2.59 bits per heavy atom. The lowest BCUT2D eigenvalue weighted by Gasteiger charge is -2.11. The lowest BCUT2D eigenvalue weighted by atomic mass is 10.2. The van der Waals surface area contributed by atoms with Crippen LogP contribution in [0.1, 0.15) is 12.5 Å². The fourth-order valence-electron chi connectivity index (χ4n) is 1.92. The van der Waals surface area contributed by atoms with E-state index in [0.29, 0.717) is 16.6 Å². The number of hydrogen-bond donors (Lipinski definition) is 0. The number of aromatic nitrogens is 3. The maximum absolute atomic E-state index is 12.9. The highest BCUT2D eigenvalue weighted by atomic mass is 32.2. The molecule has 0 aliphatic carbocycles. The molecule has 0 N–H and O–H groups in total. The van der Waals surface area contributed by atoms with Crippen LogP contribution in [-0.4, -0.2) is 37.4 Å². The van der Waals surface area contributed by atoms with Gasteiger partial charge in [0.25, 0.3) is 5.91 Å². The summed E-state index contributed by atoms with van der Waals surface area (Å²) < 4.78 is 14.4. The molecular weight excluding hydrogens is 305 g/mol. The Morgan fingerprint density at radius 2 is 1.95 bits per heavy atom. The van der Waals surface area contributed by atoms with Crippen molar-refractivity contribution in [1.29, 1.82) is 0 Å². The summed E-state index contributed by atoms with van der Waals surface area (Å²) in [5, 5.41) is 12.2. The van der Waals surface area contributed by atoms with Crippen molar-refractivity contribution >= 4 is 28.9 Å². The molecule has 3 rings (SSSR count). The highest BCUT2D eigenvalue weighted by molar-refractivity contribution is 8.18. The minimum absolute atomic E-state index is 0.122. The smallest absolute Gasteiger partial charge is 0.266 e. The molecule has 1 aromatic heterocycles. The van der Waals surface area contributed by atoms with Crippen LogP contribution in [0.25, 0.3) is 6.08 Å². The molecule has 1 amide bonds. The quantitative estimate of drug-likeness (QED) is 0.814. The summed E-state index contributed by atoms with van der Waals surface area (Å²) in [7, 11) is 0. The van der Waals surface area contributed by atoms with Gasteiger partial charge in [-0.05, 0) is 42.5 Å². The molecule has 8 heteroatoms. The van der Waals surface area contributed by atoms with Gasteiger partial charge in [0.2, 0.25) is 0 Å². The Kier molecular flexibility index (Phi) is 4.01. The van der Waals surface area contributed by atoms with Crippen molar-refractivity contribution in [3.63, 3.8) is 0 Å². The number of amidine groups is 1. The Balaban J connectivity index is 1.91. The van der Waals surface area contributed by atoms with Gasteiger partial charge in [-0.1, -0.05) is 12.1 Å². The third-order valence-corrected chi connectivity index (χ3v) is 3.98. The first-order chi connectivity index (χ1) is 10.7. The van der Waals surface area contributed by atoms with E-state index in [4.69, 9.17) is 0 Å². The van der Waals surface area contributed by atoms with E-state index < -0.39 is 0 Å². The van der Waals surface area contributed by atoms with Crippen molar-refractivity contribution in [2.24, 2.45) is 5.10 Å². The van der Waals surface area contributed by atoms with E-state index in [9.17, 15) is 9.18 Å². The Labute approximate surface area is 130 Å². The van der Waals surface area contributed by atoms with Crippen molar-refractivity contribution in [3.8, 4) is 0 Å². The zero-order valence-electron chi connectivity index (χ0n) is 11.7. The van der Waals surface area contributed by atoms with E-state index >= 15 is 0 Å². The number of carbonyl (C=O) groups excluding carboxylic acids is 1. The summed E-state index contributed by atoms with van der Waals surface area (Å²) >= 11 is 1.27.